The Morgan fingerprint density at radius 3 is 1.65 bits per heavy atom. The Hall–Kier alpha value is -4.86. The lowest BCUT2D eigenvalue weighted by atomic mass is 10.1. The summed E-state index contributed by atoms with van der Waals surface area (Å²) >= 11 is 4.37. The molecular formula is C42H40F4I2N12. The topological polar surface area (TPSA) is 122 Å². The largest absolute Gasteiger partial charge is 0.326 e. The van der Waals surface area contributed by atoms with Crippen LogP contribution in [-0.4, -0.2) is 58.7 Å². The lowest BCUT2D eigenvalue weighted by Gasteiger charge is -2.16. The Kier molecular flexibility index (Phi) is 12.3. The second-order valence-electron chi connectivity index (χ2n) is 15.2. The molecule has 2 aromatic carbocycles. The monoisotopic (exact) mass is 1040 g/mol. The third kappa shape index (κ3) is 8.40. The van der Waals surface area contributed by atoms with E-state index in [1.807, 2.05) is 38.1 Å². The van der Waals surface area contributed by atoms with Crippen LogP contribution in [0.2, 0.25) is 0 Å². The van der Waals surface area contributed by atoms with Crippen molar-refractivity contribution < 1.29 is 17.6 Å². The minimum Gasteiger partial charge on any atom is -0.326 e. The molecule has 0 N–H and O–H groups in total. The van der Waals surface area contributed by atoms with Gasteiger partial charge in [0, 0.05) is 61.0 Å². The molecule has 0 fully saturated rings. The standard InChI is InChI=1S/C21H20F2N6.C13H11F2IN2.C8H9IN4/c1-12(2)21-26-25-18-9-8-16(27-29(18)21)20-19(14-7-6-13(22)11-15(14)23)24-17-5-3-4-10-28(17)20;14-8-4-5-9(10(15)7-8)12-13(16)18-6-2-1-3-11(18)17-12;1-5(2)8-11-10-7-4-3-6(9)12-13(7)8/h6-9,11-12H,3-5,10H2,1-2H3;4-5,7H,1-3,6H2;3-5H,1-2H3. The molecule has 0 saturated heterocycles. The van der Waals surface area contributed by atoms with Crippen molar-refractivity contribution in [1.29, 1.82) is 0 Å². The van der Waals surface area contributed by atoms with Crippen LogP contribution in [0, 0.1) is 30.7 Å². The van der Waals surface area contributed by atoms with Crippen molar-refractivity contribution in [2.24, 2.45) is 0 Å². The highest BCUT2D eigenvalue weighted by molar-refractivity contribution is 14.1. The Morgan fingerprint density at radius 2 is 1.08 bits per heavy atom. The van der Waals surface area contributed by atoms with Gasteiger partial charge in [-0.2, -0.15) is 19.2 Å². The van der Waals surface area contributed by atoms with Gasteiger partial charge in [0.1, 0.15) is 59.4 Å². The molecule has 2 aliphatic rings. The van der Waals surface area contributed by atoms with Crippen LogP contribution in [0.4, 0.5) is 17.6 Å². The summed E-state index contributed by atoms with van der Waals surface area (Å²) in [7, 11) is 0. The predicted octanol–water partition coefficient (Wildman–Crippen LogP) is 10.0. The van der Waals surface area contributed by atoms with E-state index in [1.165, 1.54) is 24.3 Å². The average Bonchev–Trinajstić information content (AvgIpc) is 4.01. The Balaban J connectivity index is 0.000000137. The molecular weight excluding hydrogens is 1000 g/mol. The van der Waals surface area contributed by atoms with E-state index in [0.717, 1.165) is 106 Å². The van der Waals surface area contributed by atoms with Gasteiger partial charge in [0.05, 0.1) is 5.69 Å². The summed E-state index contributed by atoms with van der Waals surface area (Å²) in [5.41, 5.74) is 4.65. The fourth-order valence-electron chi connectivity index (χ4n) is 7.35. The average molecular weight is 1040 g/mol. The van der Waals surface area contributed by atoms with E-state index in [1.54, 1.807) is 9.03 Å². The van der Waals surface area contributed by atoms with Gasteiger partial charge < -0.3 is 9.13 Å². The third-order valence-corrected chi connectivity index (χ3v) is 12.0. The molecule has 6 aromatic heterocycles. The maximum absolute atomic E-state index is 14.6. The second-order valence-corrected chi connectivity index (χ2v) is 17.3. The van der Waals surface area contributed by atoms with E-state index in [-0.39, 0.29) is 11.5 Å². The van der Waals surface area contributed by atoms with Crippen molar-refractivity contribution in [3.63, 3.8) is 0 Å². The van der Waals surface area contributed by atoms with E-state index >= 15 is 0 Å². The molecule has 310 valence electrons. The molecule has 18 heteroatoms. The van der Waals surface area contributed by atoms with Gasteiger partial charge in [-0.15, -0.1) is 20.4 Å². The molecule has 8 heterocycles. The number of hydrogen-bond acceptors (Lipinski definition) is 8. The molecule has 0 spiro atoms. The summed E-state index contributed by atoms with van der Waals surface area (Å²) in [4.78, 5) is 9.24. The number of rotatable bonds is 5. The minimum atomic E-state index is -0.630. The highest BCUT2D eigenvalue weighted by atomic mass is 127. The smallest absolute Gasteiger partial charge is 0.177 e. The third-order valence-electron chi connectivity index (χ3n) is 10.3. The molecule has 0 unspecified atom stereocenters. The Bertz CT molecular complexity index is 2840. The SMILES string of the molecule is CC(C)c1nnc2ccc(-c3c(-c4ccc(F)cc4F)nc4n3CCCC4)nn12.CC(C)c1nnc2ccc(I)nn12.Fc1ccc(-c2nc3n(c2I)CCCC3)c(F)c1. The van der Waals surface area contributed by atoms with E-state index < -0.39 is 23.3 Å². The molecule has 0 atom stereocenters. The molecule has 60 heavy (non-hydrogen) atoms. The first kappa shape index (κ1) is 41.9. The molecule has 0 amide bonds. The van der Waals surface area contributed by atoms with Crippen molar-refractivity contribution in [2.45, 2.75) is 91.1 Å². The number of nitrogens with zero attached hydrogens (tertiary/aromatic N) is 12. The lowest BCUT2D eigenvalue weighted by Crippen LogP contribution is -2.12. The van der Waals surface area contributed by atoms with Crippen molar-refractivity contribution in [2.75, 3.05) is 0 Å². The molecule has 12 nitrogen and oxygen atoms in total. The van der Waals surface area contributed by atoms with Gasteiger partial charge in [0.2, 0.25) is 0 Å². The lowest BCUT2D eigenvalue weighted by molar-refractivity contribution is 0.515. The van der Waals surface area contributed by atoms with Crippen LogP contribution in [0.15, 0.2) is 60.7 Å². The summed E-state index contributed by atoms with van der Waals surface area (Å²) < 4.78 is 64.5. The Morgan fingerprint density at radius 1 is 0.567 bits per heavy atom. The van der Waals surface area contributed by atoms with E-state index in [2.05, 4.69) is 98.6 Å². The fraction of sp³-hybridized carbons (Fsp3) is 0.333. The van der Waals surface area contributed by atoms with Gasteiger partial charge in [0.15, 0.2) is 22.9 Å². The van der Waals surface area contributed by atoms with Crippen LogP contribution in [0.1, 0.15) is 88.5 Å². The number of fused-ring (bicyclic) bond motifs is 4. The zero-order valence-corrected chi connectivity index (χ0v) is 37.5. The summed E-state index contributed by atoms with van der Waals surface area (Å²) in [5, 5.41) is 25.6. The van der Waals surface area contributed by atoms with E-state index in [4.69, 9.17) is 10.1 Å². The van der Waals surface area contributed by atoms with E-state index in [0.29, 0.717) is 34.2 Å². The van der Waals surface area contributed by atoms with E-state index in [9.17, 15) is 17.6 Å². The number of halogens is 6. The van der Waals surface area contributed by atoms with Crippen LogP contribution in [0.3, 0.4) is 0 Å². The zero-order chi connectivity index (χ0) is 42.2. The number of benzene rings is 2. The Labute approximate surface area is 370 Å². The number of aryl methyl sites for hydroxylation is 2. The van der Waals surface area contributed by atoms with Crippen LogP contribution >= 0.6 is 45.2 Å². The minimum absolute atomic E-state index is 0.154. The highest BCUT2D eigenvalue weighted by Gasteiger charge is 2.26. The highest BCUT2D eigenvalue weighted by Crippen LogP contribution is 2.36. The maximum atomic E-state index is 14.6. The fourth-order valence-corrected chi connectivity index (χ4v) is 8.67. The van der Waals surface area contributed by atoms with Crippen LogP contribution in [0.5, 0.6) is 0 Å². The molecule has 0 saturated carbocycles. The molecule has 10 rings (SSSR count). The molecule has 0 radical (unpaired) electrons. The van der Waals surface area contributed by atoms with Gasteiger partial charge >= 0.3 is 0 Å². The van der Waals surface area contributed by atoms with Gasteiger partial charge in [-0.05, 0) is 119 Å². The molecule has 0 aliphatic carbocycles. The van der Waals surface area contributed by atoms with Crippen LogP contribution < -0.4 is 0 Å². The quantitative estimate of drug-likeness (QED) is 0.123. The summed E-state index contributed by atoms with van der Waals surface area (Å²) in [5.74, 6) is 1.73. The molecule has 2 aliphatic heterocycles. The predicted molar refractivity (Wildman–Crippen MR) is 235 cm³/mol. The van der Waals surface area contributed by atoms with Gasteiger partial charge in [-0.25, -0.2) is 27.5 Å². The van der Waals surface area contributed by atoms with Gasteiger partial charge in [-0.3, -0.25) is 0 Å². The number of imidazole rings is 2. The van der Waals surface area contributed by atoms with Crippen molar-refractivity contribution in [1.82, 2.24) is 58.7 Å². The van der Waals surface area contributed by atoms with Crippen LogP contribution in [-0.2, 0) is 25.9 Å². The second kappa shape index (κ2) is 17.6. The first-order chi connectivity index (χ1) is 28.9. The first-order valence-electron chi connectivity index (χ1n) is 19.7. The van der Waals surface area contributed by atoms with Gasteiger partial charge in [0.25, 0.3) is 0 Å². The summed E-state index contributed by atoms with van der Waals surface area (Å²) in [6, 6.07) is 14.8. The van der Waals surface area contributed by atoms with Crippen molar-refractivity contribution in [3.05, 3.63) is 115 Å². The number of hydrogen-bond donors (Lipinski definition) is 0. The van der Waals surface area contributed by atoms with Crippen LogP contribution in [0.25, 0.3) is 45.2 Å². The summed E-state index contributed by atoms with van der Waals surface area (Å²) in [6.45, 7) is 9.95. The zero-order valence-electron chi connectivity index (χ0n) is 33.2. The van der Waals surface area contributed by atoms with Gasteiger partial charge in [-0.1, -0.05) is 27.7 Å². The van der Waals surface area contributed by atoms with Crippen molar-refractivity contribution in [3.8, 4) is 33.9 Å². The molecule has 0 bridgehead atoms. The summed E-state index contributed by atoms with van der Waals surface area (Å²) in [6.07, 6.45) is 6.06. The first-order valence-corrected chi connectivity index (χ1v) is 21.9. The normalized spacial score (nSPS) is 13.6. The van der Waals surface area contributed by atoms with Crippen molar-refractivity contribution >= 4 is 56.5 Å². The number of aromatic nitrogens is 12. The molecule has 8 aromatic rings. The maximum Gasteiger partial charge on any atom is 0.177 e.